The lowest BCUT2D eigenvalue weighted by Crippen LogP contribution is -2.44. The fraction of sp³-hybridized carbons (Fsp3) is 0.444. The highest BCUT2D eigenvalue weighted by atomic mass is 35.5. The zero-order chi connectivity index (χ0) is 20.3. The predicted octanol–water partition coefficient (Wildman–Crippen LogP) is 3.04. The van der Waals surface area contributed by atoms with E-state index in [1.807, 2.05) is 24.3 Å². The molecule has 0 amide bonds. The smallest absolute Gasteiger partial charge is 0.369 e. The number of hydrogen-bond acceptors (Lipinski definition) is 3. The molecule has 152 valence electrons. The first-order chi connectivity index (χ1) is 13.3. The second-order valence-electron chi connectivity index (χ2n) is 6.66. The topological polar surface area (TPSA) is 57.5 Å². The van der Waals surface area contributed by atoms with Crippen LogP contribution in [0, 0.1) is 0 Å². The van der Waals surface area contributed by atoms with Gasteiger partial charge in [0.15, 0.2) is 11.7 Å². The monoisotopic (exact) mass is 414 g/mol. The molecule has 0 spiro atoms. The second-order valence-corrected chi connectivity index (χ2v) is 7.09. The van der Waals surface area contributed by atoms with Gasteiger partial charge in [0, 0.05) is 62.2 Å². The highest BCUT2D eigenvalue weighted by Gasteiger charge is 2.36. The first kappa shape index (κ1) is 20.3. The van der Waals surface area contributed by atoms with Crippen LogP contribution in [0.25, 0.3) is 0 Å². The Morgan fingerprint density at radius 2 is 2.18 bits per heavy atom. The summed E-state index contributed by atoms with van der Waals surface area (Å²) in [6.45, 7) is 1.59. The number of rotatable bonds is 4. The summed E-state index contributed by atoms with van der Waals surface area (Å²) in [5.41, 5.74) is 0.237. The van der Waals surface area contributed by atoms with Crippen molar-refractivity contribution >= 4 is 23.2 Å². The molecule has 1 aliphatic rings. The van der Waals surface area contributed by atoms with E-state index < -0.39 is 11.9 Å². The summed E-state index contributed by atoms with van der Waals surface area (Å²) in [7, 11) is 3.06. The number of benzene rings is 1. The number of aromatic nitrogens is 2. The molecule has 0 bridgehead atoms. The van der Waals surface area contributed by atoms with Crippen LogP contribution in [0.15, 0.2) is 35.5 Å². The number of nitrogens with zero attached hydrogens (tertiary/aromatic N) is 4. The fourth-order valence-electron chi connectivity index (χ4n) is 3.26. The van der Waals surface area contributed by atoms with Crippen molar-refractivity contribution in [3.63, 3.8) is 0 Å². The van der Waals surface area contributed by atoms with E-state index in [9.17, 15) is 13.2 Å². The van der Waals surface area contributed by atoms with Crippen molar-refractivity contribution in [2.45, 2.75) is 25.2 Å². The van der Waals surface area contributed by atoms with E-state index >= 15 is 0 Å². The number of aliphatic imine (C=N–C) groups is 1. The van der Waals surface area contributed by atoms with E-state index in [1.54, 1.807) is 7.05 Å². The van der Waals surface area contributed by atoms with Gasteiger partial charge in [-0.15, -0.1) is 0 Å². The Kier molecular flexibility index (Phi) is 6.02. The molecule has 2 aromatic rings. The van der Waals surface area contributed by atoms with Crippen molar-refractivity contribution in [3.8, 4) is 0 Å². The maximum absolute atomic E-state index is 13.1. The van der Waals surface area contributed by atoms with Crippen LogP contribution in [0.2, 0.25) is 5.02 Å². The van der Waals surface area contributed by atoms with E-state index in [0.717, 1.165) is 29.9 Å². The molecule has 1 aliphatic heterocycles. The van der Waals surface area contributed by atoms with Gasteiger partial charge in [-0.25, -0.2) is 0 Å². The van der Waals surface area contributed by atoms with Crippen LogP contribution in [0.3, 0.4) is 0 Å². The summed E-state index contributed by atoms with van der Waals surface area (Å²) in [4.78, 5) is 6.33. The minimum Gasteiger partial charge on any atom is -0.369 e. The van der Waals surface area contributed by atoms with Gasteiger partial charge in [0.2, 0.25) is 0 Å². The largest absolute Gasteiger partial charge is 0.435 e. The Labute approximate surface area is 166 Å². The van der Waals surface area contributed by atoms with Gasteiger partial charge in [0.25, 0.3) is 0 Å². The number of guanidine groups is 1. The molecule has 6 nitrogen and oxygen atoms in total. The molecule has 1 saturated heterocycles. The van der Waals surface area contributed by atoms with E-state index in [4.69, 9.17) is 11.6 Å². The number of anilines is 1. The van der Waals surface area contributed by atoms with Crippen molar-refractivity contribution in [2.75, 3.05) is 25.0 Å². The molecule has 3 rings (SSSR count). The molecule has 2 N–H and O–H groups in total. The SMILES string of the molecule is CN=C(NCc1cn(C)nc1C(F)(F)F)NC1CCN(c2cccc(Cl)c2)C1. The zero-order valence-electron chi connectivity index (χ0n) is 15.6. The van der Waals surface area contributed by atoms with Crippen LogP contribution in [0.5, 0.6) is 0 Å². The number of nitrogens with one attached hydrogen (secondary N) is 2. The van der Waals surface area contributed by atoms with Crippen LogP contribution >= 0.6 is 11.6 Å². The van der Waals surface area contributed by atoms with Crippen molar-refractivity contribution in [2.24, 2.45) is 12.0 Å². The molecule has 2 heterocycles. The quantitative estimate of drug-likeness (QED) is 0.596. The normalized spacial score (nSPS) is 17.9. The lowest BCUT2D eigenvalue weighted by molar-refractivity contribution is -0.142. The highest BCUT2D eigenvalue weighted by molar-refractivity contribution is 6.30. The van der Waals surface area contributed by atoms with Crippen molar-refractivity contribution in [1.82, 2.24) is 20.4 Å². The van der Waals surface area contributed by atoms with Crippen LogP contribution < -0.4 is 15.5 Å². The third-order valence-electron chi connectivity index (χ3n) is 4.55. The van der Waals surface area contributed by atoms with Gasteiger partial charge in [0.1, 0.15) is 0 Å². The second kappa shape index (κ2) is 8.30. The van der Waals surface area contributed by atoms with E-state index in [0.29, 0.717) is 11.0 Å². The molecule has 1 atom stereocenters. The summed E-state index contributed by atoms with van der Waals surface area (Å²) in [6.07, 6.45) is -2.24. The molecule has 0 radical (unpaired) electrons. The van der Waals surface area contributed by atoms with Crippen LogP contribution in [0.1, 0.15) is 17.7 Å². The Morgan fingerprint density at radius 3 is 2.86 bits per heavy atom. The van der Waals surface area contributed by atoms with E-state index in [-0.39, 0.29) is 18.2 Å². The summed E-state index contributed by atoms with van der Waals surface area (Å²) in [5.74, 6) is 0.454. The molecule has 1 fully saturated rings. The van der Waals surface area contributed by atoms with Gasteiger partial charge in [-0.2, -0.15) is 18.3 Å². The Morgan fingerprint density at radius 1 is 1.39 bits per heavy atom. The van der Waals surface area contributed by atoms with Gasteiger partial charge in [-0.3, -0.25) is 9.67 Å². The van der Waals surface area contributed by atoms with E-state index in [2.05, 4.69) is 25.6 Å². The van der Waals surface area contributed by atoms with Crippen LogP contribution in [-0.4, -0.2) is 41.9 Å². The van der Waals surface area contributed by atoms with Crippen LogP contribution in [0.4, 0.5) is 18.9 Å². The lowest BCUT2D eigenvalue weighted by atomic mass is 10.2. The zero-order valence-corrected chi connectivity index (χ0v) is 16.3. The Bertz CT molecular complexity index is 848. The molecule has 1 aromatic heterocycles. The number of alkyl halides is 3. The molecule has 1 unspecified atom stereocenters. The average Bonchev–Trinajstić information content (AvgIpc) is 3.24. The Balaban J connectivity index is 1.58. The van der Waals surface area contributed by atoms with Crippen molar-refractivity contribution < 1.29 is 13.2 Å². The van der Waals surface area contributed by atoms with Gasteiger partial charge in [-0.05, 0) is 24.6 Å². The van der Waals surface area contributed by atoms with Crippen molar-refractivity contribution in [3.05, 3.63) is 46.7 Å². The number of halogens is 4. The van der Waals surface area contributed by atoms with Gasteiger partial charge in [0.05, 0.1) is 0 Å². The van der Waals surface area contributed by atoms with Gasteiger partial charge in [-0.1, -0.05) is 17.7 Å². The molecule has 10 heteroatoms. The molecular formula is C18H22ClF3N6. The third-order valence-corrected chi connectivity index (χ3v) is 4.78. The molecule has 28 heavy (non-hydrogen) atoms. The standard InChI is InChI=1S/C18H22ClF3N6/c1-23-17(24-9-12-10-27(2)26-16(12)18(20,21)22)25-14-6-7-28(11-14)15-5-3-4-13(19)8-15/h3-5,8,10,14H,6-7,9,11H2,1-2H3,(H2,23,24,25). The summed E-state index contributed by atoms with van der Waals surface area (Å²) >= 11 is 6.05. The minimum atomic E-state index is -4.49. The fourth-order valence-corrected chi connectivity index (χ4v) is 3.44. The summed E-state index contributed by atoms with van der Waals surface area (Å²) in [5, 5.41) is 10.4. The first-order valence-corrected chi connectivity index (χ1v) is 9.21. The highest BCUT2D eigenvalue weighted by Crippen LogP contribution is 2.30. The van der Waals surface area contributed by atoms with Crippen molar-refractivity contribution in [1.29, 1.82) is 0 Å². The first-order valence-electron chi connectivity index (χ1n) is 8.83. The number of hydrogen-bond donors (Lipinski definition) is 2. The third kappa shape index (κ3) is 4.89. The number of aryl methyl sites for hydroxylation is 1. The molecule has 1 aromatic carbocycles. The minimum absolute atomic E-state index is 0.0207. The summed E-state index contributed by atoms with van der Waals surface area (Å²) in [6, 6.07) is 7.78. The molecular weight excluding hydrogens is 393 g/mol. The molecule has 0 aliphatic carbocycles. The molecule has 0 saturated carbocycles. The average molecular weight is 415 g/mol. The lowest BCUT2D eigenvalue weighted by Gasteiger charge is -2.20. The maximum Gasteiger partial charge on any atom is 0.435 e. The predicted molar refractivity (Wildman–Crippen MR) is 104 cm³/mol. The van der Waals surface area contributed by atoms with Crippen LogP contribution in [-0.2, 0) is 19.8 Å². The Hall–Kier alpha value is -2.42. The van der Waals surface area contributed by atoms with Gasteiger partial charge >= 0.3 is 6.18 Å². The van der Waals surface area contributed by atoms with Gasteiger partial charge < -0.3 is 15.5 Å². The summed E-state index contributed by atoms with van der Waals surface area (Å²) < 4.78 is 40.4. The van der Waals surface area contributed by atoms with E-state index in [1.165, 1.54) is 13.2 Å². The maximum atomic E-state index is 13.1.